The second kappa shape index (κ2) is 7.23. The van der Waals surface area contributed by atoms with Crippen molar-refractivity contribution in [3.8, 4) is 0 Å². The molecule has 1 aliphatic carbocycles. The van der Waals surface area contributed by atoms with E-state index in [1.54, 1.807) is 0 Å². The molecule has 0 spiro atoms. The Morgan fingerprint density at radius 3 is 2.55 bits per heavy atom. The minimum Gasteiger partial charge on any atom is -0.377 e. The lowest BCUT2D eigenvalue weighted by Crippen LogP contribution is -2.53. The van der Waals surface area contributed by atoms with E-state index >= 15 is 0 Å². The van der Waals surface area contributed by atoms with Crippen molar-refractivity contribution < 1.29 is 4.74 Å². The van der Waals surface area contributed by atoms with Crippen molar-refractivity contribution in [2.24, 2.45) is 7.05 Å². The first-order valence-corrected chi connectivity index (χ1v) is 7.97. The monoisotopic (exact) mass is 279 g/mol. The zero-order valence-corrected chi connectivity index (χ0v) is 13.2. The second-order valence-electron chi connectivity index (χ2n) is 5.98. The molecule has 1 atom stereocenters. The van der Waals surface area contributed by atoms with Crippen LogP contribution < -0.4 is 5.32 Å². The van der Waals surface area contributed by atoms with Gasteiger partial charge in [-0.25, -0.2) is 0 Å². The molecule has 0 bridgehead atoms. The van der Waals surface area contributed by atoms with Gasteiger partial charge in [0.2, 0.25) is 0 Å². The van der Waals surface area contributed by atoms with Crippen LogP contribution >= 0.6 is 0 Å². The van der Waals surface area contributed by atoms with Crippen LogP contribution in [0.1, 0.15) is 51.1 Å². The Bertz CT molecular complexity index is 394. The molecule has 1 heterocycles. The molecule has 0 aromatic carbocycles. The van der Waals surface area contributed by atoms with Crippen molar-refractivity contribution in [1.29, 1.82) is 0 Å². The van der Waals surface area contributed by atoms with Crippen LogP contribution in [0.15, 0.2) is 12.3 Å². The zero-order valence-electron chi connectivity index (χ0n) is 13.2. The topological polar surface area (TPSA) is 39.1 Å². The fraction of sp³-hybridized carbons (Fsp3) is 0.812. The molecule has 1 aromatic heterocycles. The quantitative estimate of drug-likeness (QED) is 0.814. The molecule has 1 aliphatic rings. The van der Waals surface area contributed by atoms with E-state index in [9.17, 15) is 0 Å². The molecule has 1 aromatic rings. The highest BCUT2D eigenvalue weighted by Crippen LogP contribution is 2.34. The van der Waals surface area contributed by atoms with Gasteiger partial charge in [0.05, 0.1) is 11.3 Å². The molecule has 1 saturated carbocycles. The third-order valence-corrected chi connectivity index (χ3v) is 4.62. The molecular formula is C16H29N3O. The largest absolute Gasteiger partial charge is 0.377 e. The maximum absolute atomic E-state index is 6.06. The third kappa shape index (κ3) is 3.61. The number of nitrogens with one attached hydrogen (secondary N) is 1. The van der Waals surface area contributed by atoms with Crippen molar-refractivity contribution in [3.63, 3.8) is 0 Å². The minimum absolute atomic E-state index is 0.0238. The van der Waals surface area contributed by atoms with Crippen molar-refractivity contribution in [2.45, 2.75) is 63.5 Å². The Morgan fingerprint density at radius 1 is 1.35 bits per heavy atom. The Kier molecular flexibility index (Phi) is 5.61. The maximum Gasteiger partial charge on any atom is 0.0834 e. The number of rotatable bonds is 6. The van der Waals surface area contributed by atoms with E-state index in [-0.39, 0.29) is 5.60 Å². The Labute approximate surface area is 122 Å². The highest BCUT2D eigenvalue weighted by Gasteiger charge is 2.39. The van der Waals surface area contributed by atoms with Gasteiger partial charge in [-0.05, 0) is 25.5 Å². The van der Waals surface area contributed by atoms with Crippen molar-refractivity contribution in [1.82, 2.24) is 15.1 Å². The number of likely N-dealkylation sites (N-methyl/N-ethyl adjacent to an activating group) is 1. The molecular weight excluding hydrogens is 250 g/mol. The molecule has 0 radical (unpaired) electrons. The molecule has 4 nitrogen and oxygen atoms in total. The molecule has 4 heteroatoms. The van der Waals surface area contributed by atoms with Crippen molar-refractivity contribution in [3.05, 3.63) is 18.0 Å². The first-order valence-electron chi connectivity index (χ1n) is 7.97. The molecule has 0 saturated heterocycles. The van der Waals surface area contributed by atoms with Crippen LogP contribution in [-0.2, 0) is 18.2 Å². The highest BCUT2D eigenvalue weighted by molar-refractivity contribution is 5.06. The van der Waals surface area contributed by atoms with E-state index in [1.807, 2.05) is 25.0 Å². The molecule has 1 unspecified atom stereocenters. The van der Waals surface area contributed by atoms with Gasteiger partial charge in [0.25, 0.3) is 0 Å². The molecule has 0 aliphatic heterocycles. The molecule has 0 amide bonds. The van der Waals surface area contributed by atoms with Gasteiger partial charge in [-0.2, -0.15) is 5.10 Å². The van der Waals surface area contributed by atoms with Crippen LogP contribution in [0.25, 0.3) is 0 Å². The molecule has 1 fully saturated rings. The first-order chi connectivity index (χ1) is 9.70. The van der Waals surface area contributed by atoms with Gasteiger partial charge in [-0.15, -0.1) is 0 Å². The summed E-state index contributed by atoms with van der Waals surface area (Å²) in [7, 11) is 3.86. The van der Waals surface area contributed by atoms with Gasteiger partial charge in [0.15, 0.2) is 0 Å². The summed E-state index contributed by atoms with van der Waals surface area (Å²) < 4.78 is 7.94. The van der Waals surface area contributed by atoms with Crippen LogP contribution in [0.3, 0.4) is 0 Å². The first kappa shape index (κ1) is 15.5. The Morgan fingerprint density at radius 2 is 2.05 bits per heavy atom. The smallest absolute Gasteiger partial charge is 0.0834 e. The SMILES string of the molecule is CCNC(Cc1ccn(C)n1)C1(OC)CCCCCC1. The second-order valence-corrected chi connectivity index (χ2v) is 5.98. The number of hydrogen-bond acceptors (Lipinski definition) is 3. The lowest BCUT2D eigenvalue weighted by atomic mass is 9.83. The number of aryl methyl sites for hydroxylation is 1. The average Bonchev–Trinajstić information content (AvgIpc) is 2.72. The molecule has 114 valence electrons. The van der Waals surface area contributed by atoms with Crippen LogP contribution in [0.4, 0.5) is 0 Å². The number of ether oxygens (including phenoxy) is 1. The van der Waals surface area contributed by atoms with Crippen molar-refractivity contribution in [2.75, 3.05) is 13.7 Å². The van der Waals surface area contributed by atoms with E-state index in [4.69, 9.17) is 4.74 Å². The number of aromatic nitrogens is 2. The Balaban J connectivity index is 2.15. The number of hydrogen-bond donors (Lipinski definition) is 1. The predicted octanol–water partition coefficient (Wildman–Crippen LogP) is 2.68. The lowest BCUT2D eigenvalue weighted by Gasteiger charge is -2.39. The van der Waals surface area contributed by atoms with E-state index < -0.39 is 0 Å². The minimum atomic E-state index is -0.0238. The van der Waals surface area contributed by atoms with Crippen LogP contribution in [-0.4, -0.2) is 35.1 Å². The van der Waals surface area contributed by atoms with Gasteiger partial charge in [-0.3, -0.25) is 4.68 Å². The molecule has 2 rings (SSSR count). The summed E-state index contributed by atoms with van der Waals surface area (Å²) in [5.74, 6) is 0. The maximum atomic E-state index is 6.06. The lowest BCUT2D eigenvalue weighted by molar-refractivity contribution is -0.0525. The van der Waals surface area contributed by atoms with Crippen LogP contribution in [0.5, 0.6) is 0 Å². The van der Waals surface area contributed by atoms with Gasteiger partial charge >= 0.3 is 0 Å². The summed E-state index contributed by atoms with van der Waals surface area (Å²) in [6.07, 6.45) is 10.5. The predicted molar refractivity (Wildman–Crippen MR) is 81.8 cm³/mol. The van der Waals surface area contributed by atoms with E-state index in [1.165, 1.54) is 25.7 Å². The normalized spacial score (nSPS) is 20.6. The average molecular weight is 279 g/mol. The van der Waals surface area contributed by atoms with Crippen LogP contribution in [0.2, 0.25) is 0 Å². The van der Waals surface area contributed by atoms with E-state index in [2.05, 4.69) is 23.4 Å². The summed E-state index contributed by atoms with van der Waals surface area (Å²) in [4.78, 5) is 0. The van der Waals surface area contributed by atoms with E-state index in [0.717, 1.165) is 31.5 Å². The van der Waals surface area contributed by atoms with Gasteiger partial charge in [0.1, 0.15) is 0 Å². The number of nitrogens with zero attached hydrogens (tertiary/aromatic N) is 2. The third-order valence-electron chi connectivity index (χ3n) is 4.62. The van der Waals surface area contributed by atoms with Crippen molar-refractivity contribution >= 4 is 0 Å². The summed E-state index contributed by atoms with van der Waals surface area (Å²) >= 11 is 0. The Hall–Kier alpha value is -0.870. The zero-order chi connectivity index (χ0) is 14.4. The summed E-state index contributed by atoms with van der Waals surface area (Å²) in [6.45, 7) is 3.15. The fourth-order valence-corrected chi connectivity index (χ4v) is 3.49. The van der Waals surface area contributed by atoms with Gasteiger partial charge in [-0.1, -0.05) is 32.6 Å². The highest BCUT2D eigenvalue weighted by atomic mass is 16.5. The molecule has 1 N–H and O–H groups in total. The number of methoxy groups -OCH3 is 1. The van der Waals surface area contributed by atoms with Gasteiger partial charge < -0.3 is 10.1 Å². The summed E-state index contributed by atoms with van der Waals surface area (Å²) in [6, 6.07) is 2.47. The van der Waals surface area contributed by atoms with Crippen LogP contribution in [0, 0.1) is 0 Å². The standard InChI is InChI=1S/C16H29N3O/c1-4-17-15(13-14-9-12-19(2)18-14)16(20-3)10-7-5-6-8-11-16/h9,12,15,17H,4-8,10-11,13H2,1-3H3. The summed E-state index contributed by atoms with van der Waals surface area (Å²) in [5.41, 5.74) is 1.13. The molecule has 20 heavy (non-hydrogen) atoms. The summed E-state index contributed by atoms with van der Waals surface area (Å²) in [5, 5.41) is 8.19. The van der Waals surface area contributed by atoms with Gasteiger partial charge in [0, 0.05) is 32.8 Å². The van der Waals surface area contributed by atoms with E-state index in [0.29, 0.717) is 6.04 Å². The fourth-order valence-electron chi connectivity index (χ4n) is 3.49.